The average molecular weight is 250 g/mol. The minimum absolute atomic E-state index is 0.153. The van der Waals surface area contributed by atoms with Crippen LogP contribution in [0, 0.1) is 0 Å². The summed E-state index contributed by atoms with van der Waals surface area (Å²) in [5, 5.41) is 0. The van der Waals surface area contributed by atoms with Crippen molar-refractivity contribution in [1.82, 2.24) is 0 Å². The number of hydrogen-bond acceptors (Lipinski definition) is 2. The molecule has 0 saturated carbocycles. The predicted octanol–water partition coefficient (Wildman–Crippen LogP) is 2.88. The van der Waals surface area contributed by atoms with Gasteiger partial charge in [0.1, 0.15) is 0 Å². The Labute approximate surface area is 110 Å². The summed E-state index contributed by atoms with van der Waals surface area (Å²) >= 11 is 0. The molecule has 0 bridgehead atoms. The van der Waals surface area contributed by atoms with Crippen molar-refractivity contribution < 1.29 is 14.1 Å². The topological polar surface area (TPSA) is 30.2 Å². The number of pyridine rings is 1. The third kappa shape index (κ3) is 7.05. The van der Waals surface area contributed by atoms with Crippen molar-refractivity contribution in [3.63, 3.8) is 0 Å². The zero-order valence-electron chi connectivity index (χ0n) is 11.3. The van der Waals surface area contributed by atoms with Crippen LogP contribution in [-0.2, 0) is 16.1 Å². The van der Waals surface area contributed by atoms with Gasteiger partial charge in [-0.25, -0.2) is 4.79 Å². The first-order valence-corrected chi connectivity index (χ1v) is 6.92. The van der Waals surface area contributed by atoms with E-state index < -0.39 is 0 Å². The molecule has 0 spiro atoms. The van der Waals surface area contributed by atoms with E-state index in [0.717, 1.165) is 12.8 Å². The van der Waals surface area contributed by atoms with Crippen molar-refractivity contribution in [2.45, 2.75) is 52.0 Å². The number of unbranched alkanes of at least 4 members (excludes halogenated alkanes) is 5. The van der Waals surface area contributed by atoms with Gasteiger partial charge in [-0.05, 0) is 6.42 Å². The molecule has 3 heteroatoms. The first kappa shape index (κ1) is 14.7. The Morgan fingerprint density at radius 3 is 2.39 bits per heavy atom. The van der Waals surface area contributed by atoms with Crippen molar-refractivity contribution in [3.8, 4) is 0 Å². The van der Waals surface area contributed by atoms with E-state index in [1.54, 1.807) is 0 Å². The molecule has 0 fully saturated rings. The van der Waals surface area contributed by atoms with E-state index in [0.29, 0.717) is 13.2 Å². The van der Waals surface area contributed by atoms with Gasteiger partial charge in [0.2, 0.25) is 6.54 Å². The molecule has 0 atom stereocenters. The van der Waals surface area contributed by atoms with Crippen molar-refractivity contribution in [2.75, 3.05) is 6.61 Å². The van der Waals surface area contributed by atoms with Crippen LogP contribution in [0.3, 0.4) is 0 Å². The van der Waals surface area contributed by atoms with Crippen molar-refractivity contribution >= 4 is 5.97 Å². The van der Waals surface area contributed by atoms with E-state index in [1.165, 1.54) is 25.7 Å². The van der Waals surface area contributed by atoms with Gasteiger partial charge in [0.05, 0.1) is 6.61 Å². The maximum atomic E-state index is 11.5. The summed E-state index contributed by atoms with van der Waals surface area (Å²) < 4.78 is 7.02. The number of nitrogens with zero attached hydrogens (tertiary/aromatic N) is 1. The minimum atomic E-state index is -0.153. The Morgan fingerprint density at radius 1 is 1.00 bits per heavy atom. The van der Waals surface area contributed by atoms with Crippen LogP contribution in [0.4, 0.5) is 0 Å². The Hall–Kier alpha value is -1.38. The Kier molecular flexibility index (Phi) is 7.85. The number of hydrogen-bond donors (Lipinski definition) is 0. The molecule has 100 valence electrons. The fourth-order valence-electron chi connectivity index (χ4n) is 1.80. The van der Waals surface area contributed by atoms with Crippen LogP contribution in [0.2, 0.25) is 0 Å². The number of carbonyl (C=O) groups is 1. The van der Waals surface area contributed by atoms with Gasteiger partial charge in [0, 0.05) is 12.1 Å². The Bertz CT molecular complexity index is 325. The summed E-state index contributed by atoms with van der Waals surface area (Å²) in [5.41, 5.74) is 0. The summed E-state index contributed by atoms with van der Waals surface area (Å²) in [5.74, 6) is -0.153. The van der Waals surface area contributed by atoms with Crippen LogP contribution in [0.5, 0.6) is 0 Å². The molecule has 1 aromatic rings. The quantitative estimate of drug-likeness (QED) is 0.383. The lowest BCUT2D eigenvalue weighted by Crippen LogP contribution is -2.37. The van der Waals surface area contributed by atoms with E-state index in [2.05, 4.69) is 6.92 Å². The lowest BCUT2D eigenvalue weighted by Gasteiger charge is -2.03. The number of esters is 1. The Morgan fingerprint density at radius 2 is 1.67 bits per heavy atom. The monoisotopic (exact) mass is 250 g/mol. The van der Waals surface area contributed by atoms with E-state index in [4.69, 9.17) is 4.74 Å². The van der Waals surface area contributed by atoms with Gasteiger partial charge in [-0.15, -0.1) is 0 Å². The lowest BCUT2D eigenvalue weighted by molar-refractivity contribution is -0.686. The molecule has 0 unspecified atom stereocenters. The second-order valence-electron chi connectivity index (χ2n) is 4.54. The minimum Gasteiger partial charge on any atom is -0.461 e. The van der Waals surface area contributed by atoms with E-state index >= 15 is 0 Å². The second-order valence-corrected chi connectivity index (χ2v) is 4.54. The largest absolute Gasteiger partial charge is 0.461 e. The van der Waals surface area contributed by atoms with Crippen LogP contribution < -0.4 is 4.57 Å². The molecule has 3 nitrogen and oxygen atoms in total. The molecule has 0 saturated heterocycles. The molecule has 0 radical (unpaired) electrons. The number of aromatic nitrogens is 1. The molecule has 1 aromatic heterocycles. The third-order valence-electron chi connectivity index (χ3n) is 2.85. The Balaban J connectivity index is 2.00. The van der Waals surface area contributed by atoms with Crippen LogP contribution in [0.15, 0.2) is 30.6 Å². The van der Waals surface area contributed by atoms with Gasteiger partial charge in [0.15, 0.2) is 12.4 Å². The van der Waals surface area contributed by atoms with E-state index in [9.17, 15) is 4.79 Å². The fourth-order valence-corrected chi connectivity index (χ4v) is 1.80. The molecule has 0 amide bonds. The summed E-state index contributed by atoms with van der Waals surface area (Å²) in [6.45, 7) is 3.07. The highest BCUT2D eigenvalue weighted by atomic mass is 16.5. The molecule has 1 heterocycles. The maximum Gasteiger partial charge on any atom is 0.372 e. The third-order valence-corrected chi connectivity index (χ3v) is 2.85. The smallest absolute Gasteiger partial charge is 0.372 e. The van der Waals surface area contributed by atoms with Gasteiger partial charge in [-0.2, -0.15) is 4.57 Å². The molecule has 0 N–H and O–H groups in total. The summed E-state index contributed by atoms with van der Waals surface area (Å²) in [4.78, 5) is 11.5. The molecule has 0 aromatic carbocycles. The average Bonchev–Trinajstić information content (AvgIpc) is 2.39. The summed E-state index contributed by atoms with van der Waals surface area (Å²) in [6, 6.07) is 5.74. The van der Waals surface area contributed by atoms with E-state index in [1.807, 2.05) is 35.2 Å². The van der Waals surface area contributed by atoms with Gasteiger partial charge in [-0.1, -0.05) is 45.1 Å². The molecule has 0 aliphatic heterocycles. The molecule has 0 aliphatic carbocycles. The zero-order valence-corrected chi connectivity index (χ0v) is 11.3. The molecule has 0 aliphatic rings. The molecule has 1 rings (SSSR count). The molecule has 18 heavy (non-hydrogen) atoms. The lowest BCUT2D eigenvalue weighted by atomic mass is 10.1. The van der Waals surface area contributed by atoms with Crippen LogP contribution >= 0.6 is 0 Å². The molecular weight excluding hydrogens is 226 g/mol. The summed E-state index contributed by atoms with van der Waals surface area (Å²) in [6.07, 6.45) is 11.0. The maximum absolute atomic E-state index is 11.5. The standard InChI is InChI=1S/C15H24NO2/c1-2-3-4-5-6-10-13-18-15(17)14-16-11-8-7-9-12-16/h7-9,11-12H,2-6,10,13-14H2,1H3/q+1. The number of rotatable bonds is 9. The first-order valence-electron chi connectivity index (χ1n) is 6.92. The highest BCUT2D eigenvalue weighted by molar-refractivity contribution is 5.67. The first-order chi connectivity index (χ1) is 8.83. The summed E-state index contributed by atoms with van der Waals surface area (Å²) in [7, 11) is 0. The van der Waals surface area contributed by atoms with Gasteiger partial charge in [0.25, 0.3) is 0 Å². The van der Waals surface area contributed by atoms with Crippen LogP contribution in [0.1, 0.15) is 45.4 Å². The normalized spacial score (nSPS) is 10.3. The zero-order chi connectivity index (χ0) is 13.1. The van der Waals surface area contributed by atoms with Crippen molar-refractivity contribution in [1.29, 1.82) is 0 Å². The fraction of sp³-hybridized carbons (Fsp3) is 0.600. The van der Waals surface area contributed by atoms with Crippen LogP contribution in [0.25, 0.3) is 0 Å². The van der Waals surface area contributed by atoms with Crippen molar-refractivity contribution in [2.24, 2.45) is 0 Å². The van der Waals surface area contributed by atoms with Gasteiger partial charge < -0.3 is 4.74 Å². The highest BCUT2D eigenvalue weighted by Crippen LogP contribution is 2.04. The number of ether oxygens (including phenoxy) is 1. The molecular formula is C15H24NO2+. The highest BCUT2D eigenvalue weighted by Gasteiger charge is 2.08. The van der Waals surface area contributed by atoms with Gasteiger partial charge in [-0.3, -0.25) is 0 Å². The van der Waals surface area contributed by atoms with Crippen LogP contribution in [-0.4, -0.2) is 12.6 Å². The van der Waals surface area contributed by atoms with E-state index in [-0.39, 0.29) is 5.97 Å². The second kappa shape index (κ2) is 9.63. The van der Waals surface area contributed by atoms with Crippen molar-refractivity contribution in [3.05, 3.63) is 30.6 Å². The predicted molar refractivity (Wildman–Crippen MR) is 71.0 cm³/mol. The number of carbonyl (C=O) groups excluding carboxylic acids is 1. The SMILES string of the molecule is CCCCCCCCOC(=O)C[n+]1ccccc1. The van der Waals surface area contributed by atoms with Gasteiger partial charge >= 0.3 is 5.97 Å².